The molecule has 0 atom stereocenters. The largest absolute Gasteiger partial charge is 0.335 e. The number of benzene rings is 2. The lowest BCUT2D eigenvalue weighted by molar-refractivity contribution is 0.0775. The monoisotopic (exact) mass is 338 g/mol. The van der Waals surface area contributed by atoms with Crippen molar-refractivity contribution in [2.75, 3.05) is 13.1 Å². The van der Waals surface area contributed by atoms with Crippen molar-refractivity contribution < 1.29 is 9.18 Å². The molecule has 0 unspecified atom stereocenters. The minimum Gasteiger partial charge on any atom is -0.335 e. The predicted molar refractivity (Wildman–Crippen MR) is 94.5 cm³/mol. The van der Waals surface area contributed by atoms with E-state index < -0.39 is 0 Å². The number of halogens is 1. The molecule has 24 heavy (non-hydrogen) atoms. The third-order valence-electron chi connectivity index (χ3n) is 4.30. The Hall–Kier alpha value is -2.53. The normalized spacial score (nSPS) is 14.7. The molecule has 0 fully saturated rings. The molecule has 0 saturated heterocycles. The second-order valence-electron chi connectivity index (χ2n) is 5.74. The van der Waals surface area contributed by atoms with E-state index in [4.69, 9.17) is 0 Å². The molecular weight excluding hydrogens is 323 g/mol. The lowest BCUT2D eigenvalue weighted by Gasteiger charge is -2.27. The molecule has 3 nitrogen and oxygen atoms in total. The highest BCUT2D eigenvalue weighted by atomic mass is 32.1. The van der Waals surface area contributed by atoms with Gasteiger partial charge in [-0.25, -0.2) is 9.37 Å². The van der Waals surface area contributed by atoms with Crippen molar-refractivity contribution in [3.05, 3.63) is 71.0 Å². The van der Waals surface area contributed by atoms with Crippen LogP contribution in [-0.4, -0.2) is 28.9 Å². The number of thiazole rings is 1. The molecule has 2 heterocycles. The van der Waals surface area contributed by atoms with Gasteiger partial charge in [0.05, 0.1) is 21.3 Å². The molecular formula is C19H15FN2OS. The molecule has 1 amide bonds. The van der Waals surface area contributed by atoms with Crippen LogP contribution in [-0.2, 0) is 0 Å². The first-order chi connectivity index (χ1) is 11.7. The van der Waals surface area contributed by atoms with Crippen LogP contribution in [0.3, 0.4) is 0 Å². The van der Waals surface area contributed by atoms with Crippen LogP contribution in [0.4, 0.5) is 4.39 Å². The number of hydrogen-bond donors (Lipinski definition) is 0. The van der Waals surface area contributed by atoms with E-state index in [1.165, 1.54) is 23.5 Å². The van der Waals surface area contributed by atoms with Gasteiger partial charge in [0.15, 0.2) is 0 Å². The summed E-state index contributed by atoms with van der Waals surface area (Å²) in [6.07, 6.45) is 2.83. The van der Waals surface area contributed by atoms with Crippen molar-refractivity contribution in [3.63, 3.8) is 0 Å². The molecule has 1 aliphatic heterocycles. The molecule has 3 aromatic rings. The highest BCUT2D eigenvalue weighted by Gasteiger charge is 2.21. The summed E-state index contributed by atoms with van der Waals surface area (Å²) in [4.78, 5) is 18.9. The van der Waals surface area contributed by atoms with Gasteiger partial charge in [0.1, 0.15) is 5.82 Å². The summed E-state index contributed by atoms with van der Waals surface area (Å²) in [5.74, 6) is -0.191. The van der Waals surface area contributed by atoms with Crippen LogP contribution in [0, 0.1) is 5.82 Å². The Morgan fingerprint density at radius 2 is 2.00 bits per heavy atom. The fourth-order valence-electron chi connectivity index (χ4n) is 3.00. The second-order valence-corrected chi connectivity index (χ2v) is 6.60. The first-order valence-electron chi connectivity index (χ1n) is 7.79. The number of fused-ring (bicyclic) bond motifs is 1. The van der Waals surface area contributed by atoms with Crippen molar-refractivity contribution >= 4 is 33.0 Å². The topological polar surface area (TPSA) is 33.2 Å². The van der Waals surface area contributed by atoms with Gasteiger partial charge in [0, 0.05) is 13.1 Å². The number of carbonyl (C=O) groups excluding carboxylic acids is 1. The molecule has 0 radical (unpaired) electrons. The first-order valence-corrected chi connectivity index (χ1v) is 8.67. The van der Waals surface area contributed by atoms with Crippen molar-refractivity contribution in [1.29, 1.82) is 0 Å². The summed E-state index contributed by atoms with van der Waals surface area (Å²) >= 11 is 1.50. The van der Waals surface area contributed by atoms with Crippen molar-refractivity contribution in [2.45, 2.75) is 6.42 Å². The number of rotatable bonds is 2. The molecule has 0 spiro atoms. The van der Waals surface area contributed by atoms with Gasteiger partial charge < -0.3 is 4.90 Å². The molecule has 0 aliphatic carbocycles. The lowest BCUT2D eigenvalue weighted by atomic mass is 9.99. The highest BCUT2D eigenvalue weighted by molar-refractivity contribution is 7.17. The van der Waals surface area contributed by atoms with Crippen molar-refractivity contribution in [1.82, 2.24) is 9.88 Å². The van der Waals surface area contributed by atoms with Gasteiger partial charge in [-0.1, -0.05) is 24.3 Å². The van der Waals surface area contributed by atoms with Gasteiger partial charge in [-0.15, -0.1) is 11.3 Å². The molecule has 120 valence electrons. The Kier molecular flexibility index (Phi) is 3.86. The van der Waals surface area contributed by atoms with Crippen LogP contribution in [0.1, 0.15) is 22.3 Å². The maximum absolute atomic E-state index is 13.0. The number of nitrogens with zero attached hydrogens (tertiary/aromatic N) is 2. The van der Waals surface area contributed by atoms with Gasteiger partial charge in [-0.2, -0.15) is 0 Å². The van der Waals surface area contributed by atoms with Crippen LogP contribution in [0.25, 0.3) is 15.8 Å². The maximum Gasteiger partial charge on any atom is 0.255 e. The zero-order valence-corrected chi connectivity index (χ0v) is 13.7. The fourth-order valence-corrected chi connectivity index (χ4v) is 3.80. The molecule has 1 aromatic heterocycles. The quantitative estimate of drug-likeness (QED) is 0.695. The summed E-state index contributed by atoms with van der Waals surface area (Å²) in [6.45, 7) is 1.23. The molecule has 0 bridgehead atoms. The maximum atomic E-state index is 13.0. The van der Waals surface area contributed by atoms with E-state index in [9.17, 15) is 9.18 Å². The molecule has 4 rings (SSSR count). The lowest BCUT2D eigenvalue weighted by Crippen LogP contribution is -2.34. The molecule has 1 aliphatic rings. The summed E-state index contributed by atoms with van der Waals surface area (Å²) in [5.41, 5.74) is 5.53. The standard InChI is InChI=1S/C19H15FN2OS/c20-15-6-4-13(5-7-15)14-8-10-22(11-9-14)19(23)16-2-1-3-17-18(16)24-12-21-17/h1-8,12H,9-11H2. The van der Waals surface area contributed by atoms with E-state index in [-0.39, 0.29) is 11.7 Å². The number of carbonyl (C=O) groups is 1. The van der Waals surface area contributed by atoms with E-state index in [2.05, 4.69) is 11.1 Å². The van der Waals surface area contributed by atoms with E-state index in [1.807, 2.05) is 23.1 Å². The smallest absolute Gasteiger partial charge is 0.255 e. The Morgan fingerprint density at radius 1 is 1.17 bits per heavy atom. The van der Waals surface area contributed by atoms with Crippen LogP contribution in [0.2, 0.25) is 0 Å². The Labute approximate surface area is 143 Å². The number of amides is 1. The number of aromatic nitrogens is 1. The van der Waals surface area contributed by atoms with Gasteiger partial charge in [-0.05, 0) is 41.8 Å². The Morgan fingerprint density at radius 3 is 2.75 bits per heavy atom. The molecule has 5 heteroatoms. The fraction of sp³-hybridized carbons (Fsp3) is 0.158. The van der Waals surface area contributed by atoms with Crippen LogP contribution in [0.15, 0.2) is 54.1 Å². The minimum absolute atomic E-state index is 0.0410. The predicted octanol–water partition coefficient (Wildman–Crippen LogP) is 4.36. The van der Waals surface area contributed by atoms with Crippen molar-refractivity contribution in [2.24, 2.45) is 0 Å². The average Bonchev–Trinajstić information content (AvgIpc) is 3.11. The first kappa shape index (κ1) is 15.0. The van der Waals surface area contributed by atoms with Gasteiger partial charge in [-0.3, -0.25) is 4.79 Å². The molecule has 0 N–H and O–H groups in total. The minimum atomic E-state index is -0.232. The zero-order valence-electron chi connectivity index (χ0n) is 12.9. The molecule has 0 saturated carbocycles. The zero-order chi connectivity index (χ0) is 16.5. The number of hydrogen-bond acceptors (Lipinski definition) is 3. The van der Waals surface area contributed by atoms with E-state index in [0.29, 0.717) is 18.7 Å². The summed E-state index contributed by atoms with van der Waals surface area (Å²) < 4.78 is 14.0. The van der Waals surface area contributed by atoms with Crippen LogP contribution in [0.5, 0.6) is 0 Å². The third kappa shape index (κ3) is 2.71. The Balaban J connectivity index is 1.56. The van der Waals surface area contributed by atoms with Crippen molar-refractivity contribution in [3.8, 4) is 0 Å². The van der Waals surface area contributed by atoms with Gasteiger partial charge in [0.25, 0.3) is 5.91 Å². The van der Waals surface area contributed by atoms with E-state index in [1.54, 1.807) is 17.6 Å². The third-order valence-corrected chi connectivity index (χ3v) is 5.17. The SMILES string of the molecule is O=C(c1cccc2ncsc12)N1CC=C(c2ccc(F)cc2)CC1. The highest BCUT2D eigenvalue weighted by Crippen LogP contribution is 2.26. The Bertz CT molecular complexity index is 930. The molecule has 2 aromatic carbocycles. The van der Waals surface area contributed by atoms with E-state index in [0.717, 1.165) is 27.8 Å². The van der Waals surface area contributed by atoms with Gasteiger partial charge >= 0.3 is 0 Å². The second kappa shape index (κ2) is 6.17. The average molecular weight is 338 g/mol. The van der Waals surface area contributed by atoms with E-state index >= 15 is 0 Å². The summed E-state index contributed by atoms with van der Waals surface area (Å²) in [7, 11) is 0. The summed E-state index contributed by atoms with van der Waals surface area (Å²) in [6, 6.07) is 12.2. The van der Waals surface area contributed by atoms with Crippen LogP contribution < -0.4 is 0 Å². The van der Waals surface area contributed by atoms with Crippen LogP contribution >= 0.6 is 11.3 Å². The van der Waals surface area contributed by atoms with Gasteiger partial charge in [0.2, 0.25) is 0 Å². The summed E-state index contributed by atoms with van der Waals surface area (Å²) in [5, 5.41) is 0.